The van der Waals surface area contributed by atoms with E-state index in [1.807, 2.05) is 18.2 Å². The molecule has 2 aliphatic heterocycles. The summed E-state index contributed by atoms with van der Waals surface area (Å²) in [5, 5.41) is 2.90. The van der Waals surface area contributed by atoms with Gasteiger partial charge in [0.2, 0.25) is 11.8 Å². The molecule has 2 aromatic rings. The Morgan fingerprint density at radius 2 is 1.77 bits per heavy atom. The summed E-state index contributed by atoms with van der Waals surface area (Å²) in [7, 11) is 0. The number of likely N-dealkylation sites (tertiary alicyclic amines) is 1. The third-order valence-electron chi connectivity index (χ3n) is 5.55. The number of anilines is 1. The molecular weight excluding hydrogens is 396 g/mol. The van der Waals surface area contributed by atoms with Crippen LogP contribution in [0.4, 0.5) is 5.69 Å². The van der Waals surface area contributed by atoms with Crippen LogP contribution in [-0.2, 0) is 20.9 Å². The minimum Gasteiger partial charge on any atom is -0.489 e. The molecule has 2 heterocycles. The van der Waals surface area contributed by atoms with Crippen LogP contribution in [0, 0.1) is 0 Å². The van der Waals surface area contributed by atoms with Gasteiger partial charge in [0.1, 0.15) is 12.4 Å². The van der Waals surface area contributed by atoms with Crippen LogP contribution in [0.25, 0.3) is 0 Å². The van der Waals surface area contributed by atoms with Crippen LogP contribution in [0.1, 0.15) is 48.0 Å². The van der Waals surface area contributed by atoms with Crippen molar-refractivity contribution in [3.05, 3.63) is 59.7 Å². The van der Waals surface area contributed by atoms with E-state index in [2.05, 4.69) is 5.32 Å². The quantitative estimate of drug-likeness (QED) is 0.690. The highest BCUT2D eigenvalue weighted by Crippen LogP contribution is 2.26. The van der Waals surface area contributed by atoms with Crippen molar-refractivity contribution in [1.29, 1.82) is 0 Å². The standard InChI is InChI=1S/C24H26N2O5/c27-22-12-13-23(28)26(22)15-17-8-10-18(11-9-17)24(29)25-20-6-1-2-7-21(20)31-16-19-5-3-4-14-30-19/h1-2,6-11,19H,3-5,12-16H2,(H,25,29). The number of para-hydroxylation sites is 2. The molecule has 0 aromatic heterocycles. The molecule has 0 saturated carbocycles. The molecule has 162 valence electrons. The molecule has 7 nitrogen and oxygen atoms in total. The summed E-state index contributed by atoms with van der Waals surface area (Å²) in [6.07, 6.45) is 3.84. The SMILES string of the molecule is O=C(Nc1ccccc1OCC1CCCCO1)c1ccc(CN2C(=O)CCC2=O)cc1. The van der Waals surface area contributed by atoms with Gasteiger partial charge >= 0.3 is 0 Å². The Morgan fingerprint density at radius 1 is 1.03 bits per heavy atom. The second-order valence-corrected chi connectivity index (χ2v) is 7.82. The smallest absolute Gasteiger partial charge is 0.255 e. The van der Waals surface area contributed by atoms with Crippen molar-refractivity contribution in [2.24, 2.45) is 0 Å². The van der Waals surface area contributed by atoms with E-state index in [9.17, 15) is 14.4 Å². The van der Waals surface area contributed by atoms with E-state index < -0.39 is 0 Å². The Balaban J connectivity index is 1.37. The zero-order valence-electron chi connectivity index (χ0n) is 17.3. The van der Waals surface area contributed by atoms with Crippen molar-refractivity contribution in [2.45, 2.75) is 44.8 Å². The zero-order chi connectivity index (χ0) is 21.6. The van der Waals surface area contributed by atoms with Crippen molar-refractivity contribution < 1.29 is 23.9 Å². The van der Waals surface area contributed by atoms with Gasteiger partial charge in [0.05, 0.1) is 18.3 Å². The van der Waals surface area contributed by atoms with E-state index in [-0.39, 0.29) is 43.2 Å². The maximum Gasteiger partial charge on any atom is 0.255 e. The number of ether oxygens (including phenoxy) is 2. The summed E-state index contributed by atoms with van der Waals surface area (Å²) in [5.41, 5.74) is 1.88. The van der Waals surface area contributed by atoms with Gasteiger partial charge in [0, 0.05) is 25.0 Å². The van der Waals surface area contributed by atoms with E-state index in [1.165, 1.54) is 4.90 Å². The van der Waals surface area contributed by atoms with Crippen LogP contribution in [0.5, 0.6) is 5.75 Å². The van der Waals surface area contributed by atoms with Crippen LogP contribution in [0.3, 0.4) is 0 Å². The predicted octanol–water partition coefficient (Wildman–Crippen LogP) is 3.54. The Kier molecular flexibility index (Phi) is 6.62. The van der Waals surface area contributed by atoms with E-state index >= 15 is 0 Å². The zero-order valence-corrected chi connectivity index (χ0v) is 17.3. The molecule has 0 spiro atoms. The van der Waals surface area contributed by atoms with Gasteiger partial charge in [0.15, 0.2) is 0 Å². The average Bonchev–Trinajstić information content (AvgIpc) is 3.12. The summed E-state index contributed by atoms with van der Waals surface area (Å²) in [6, 6.07) is 14.2. The van der Waals surface area contributed by atoms with Crippen LogP contribution < -0.4 is 10.1 Å². The molecule has 3 amide bonds. The molecule has 1 unspecified atom stereocenters. The fourth-order valence-electron chi connectivity index (χ4n) is 3.76. The van der Waals surface area contributed by atoms with Crippen molar-refractivity contribution >= 4 is 23.4 Å². The largest absolute Gasteiger partial charge is 0.489 e. The maximum absolute atomic E-state index is 12.7. The fourth-order valence-corrected chi connectivity index (χ4v) is 3.76. The lowest BCUT2D eigenvalue weighted by Crippen LogP contribution is -2.28. The average molecular weight is 422 g/mol. The molecule has 1 atom stereocenters. The van der Waals surface area contributed by atoms with Crippen molar-refractivity contribution in [1.82, 2.24) is 4.90 Å². The number of carbonyl (C=O) groups excluding carboxylic acids is 3. The number of nitrogens with zero attached hydrogens (tertiary/aromatic N) is 1. The van der Waals surface area contributed by atoms with Gasteiger partial charge < -0.3 is 14.8 Å². The first kappa shape index (κ1) is 21.1. The fraction of sp³-hybridized carbons (Fsp3) is 0.375. The molecule has 1 N–H and O–H groups in total. The van der Waals surface area contributed by atoms with E-state index in [0.717, 1.165) is 31.4 Å². The van der Waals surface area contributed by atoms with Crippen LogP contribution in [0.2, 0.25) is 0 Å². The van der Waals surface area contributed by atoms with Crippen molar-refractivity contribution in [2.75, 3.05) is 18.5 Å². The first-order valence-electron chi connectivity index (χ1n) is 10.7. The van der Waals surface area contributed by atoms with Gasteiger partial charge in [-0.2, -0.15) is 0 Å². The highest BCUT2D eigenvalue weighted by molar-refractivity contribution is 6.05. The molecule has 7 heteroatoms. The van der Waals surface area contributed by atoms with Crippen LogP contribution >= 0.6 is 0 Å². The number of hydrogen-bond acceptors (Lipinski definition) is 5. The molecular formula is C24H26N2O5. The van der Waals surface area contributed by atoms with Gasteiger partial charge in [-0.15, -0.1) is 0 Å². The van der Waals surface area contributed by atoms with Crippen LogP contribution in [0.15, 0.2) is 48.5 Å². The van der Waals surface area contributed by atoms with E-state index in [4.69, 9.17) is 9.47 Å². The highest BCUT2D eigenvalue weighted by atomic mass is 16.5. The van der Waals surface area contributed by atoms with Gasteiger partial charge in [-0.25, -0.2) is 0 Å². The number of hydrogen-bond donors (Lipinski definition) is 1. The summed E-state index contributed by atoms with van der Waals surface area (Å²) in [4.78, 5) is 37.5. The lowest BCUT2D eigenvalue weighted by molar-refractivity contribution is -0.139. The molecule has 4 rings (SSSR count). The third-order valence-corrected chi connectivity index (χ3v) is 5.55. The second-order valence-electron chi connectivity index (χ2n) is 7.82. The molecule has 31 heavy (non-hydrogen) atoms. The topological polar surface area (TPSA) is 84.9 Å². The third kappa shape index (κ3) is 5.30. The Morgan fingerprint density at radius 3 is 2.48 bits per heavy atom. The normalized spacial score (nSPS) is 18.8. The number of nitrogens with one attached hydrogen (secondary N) is 1. The summed E-state index contributed by atoms with van der Waals surface area (Å²) >= 11 is 0. The van der Waals surface area contributed by atoms with Gasteiger partial charge in [-0.3, -0.25) is 19.3 Å². The number of amides is 3. The molecule has 0 radical (unpaired) electrons. The number of benzene rings is 2. The maximum atomic E-state index is 12.7. The molecule has 2 aromatic carbocycles. The Labute approximate surface area is 181 Å². The molecule has 0 bridgehead atoms. The minimum absolute atomic E-state index is 0.0828. The molecule has 0 aliphatic carbocycles. The predicted molar refractivity (Wildman–Crippen MR) is 115 cm³/mol. The number of carbonyl (C=O) groups is 3. The number of imide groups is 1. The Hall–Kier alpha value is -3.19. The summed E-state index contributed by atoms with van der Waals surface area (Å²) in [6.45, 7) is 1.46. The minimum atomic E-state index is -0.259. The summed E-state index contributed by atoms with van der Waals surface area (Å²) < 4.78 is 11.6. The monoisotopic (exact) mass is 422 g/mol. The molecule has 2 aliphatic rings. The van der Waals surface area contributed by atoms with Crippen molar-refractivity contribution in [3.8, 4) is 5.75 Å². The summed E-state index contributed by atoms with van der Waals surface area (Å²) in [5.74, 6) is 0.0432. The van der Waals surface area contributed by atoms with Gasteiger partial charge in [-0.1, -0.05) is 24.3 Å². The first-order chi connectivity index (χ1) is 15.1. The Bertz CT molecular complexity index is 935. The molecule has 2 saturated heterocycles. The lowest BCUT2D eigenvalue weighted by atomic mass is 10.1. The van der Waals surface area contributed by atoms with Crippen LogP contribution in [-0.4, -0.2) is 41.9 Å². The van der Waals surface area contributed by atoms with E-state index in [1.54, 1.807) is 30.3 Å². The second kappa shape index (κ2) is 9.75. The molecule has 2 fully saturated rings. The van der Waals surface area contributed by atoms with E-state index in [0.29, 0.717) is 23.6 Å². The first-order valence-corrected chi connectivity index (χ1v) is 10.7. The van der Waals surface area contributed by atoms with Gasteiger partial charge in [-0.05, 0) is 49.1 Å². The highest BCUT2D eigenvalue weighted by Gasteiger charge is 2.28. The van der Waals surface area contributed by atoms with Crippen molar-refractivity contribution in [3.63, 3.8) is 0 Å². The lowest BCUT2D eigenvalue weighted by Gasteiger charge is -2.23. The van der Waals surface area contributed by atoms with Gasteiger partial charge in [0.25, 0.3) is 5.91 Å². The number of rotatable bonds is 7.